The topological polar surface area (TPSA) is 98.2 Å². The third-order valence-electron chi connectivity index (χ3n) is 5.27. The zero-order chi connectivity index (χ0) is 24.0. The maximum atomic E-state index is 12.0. The SMILES string of the molecule is CC(C)(O)c1cc(-c2ccc(-c3cccc(S(C)(=O)=O)c3)s2)n(-c2cccc(Cl)c2CN)n1. The first-order valence-corrected chi connectivity index (χ1v) is 13.3. The predicted molar refractivity (Wildman–Crippen MR) is 134 cm³/mol. The summed E-state index contributed by atoms with van der Waals surface area (Å²) in [6, 6.07) is 18.2. The van der Waals surface area contributed by atoms with E-state index in [1.807, 2.05) is 36.4 Å². The number of thiophene rings is 1. The number of nitrogens with zero attached hydrogens (tertiary/aromatic N) is 2. The van der Waals surface area contributed by atoms with Crippen molar-refractivity contribution in [2.75, 3.05) is 6.26 Å². The molecule has 33 heavy (non-hydrogen) atoms. The zero-order valence-corrected chi connectivity index (χ0v) is 20.8. The van der Waals surface area contributed by atoms with Crippen LogP contribution in [0, 0.1) is 0 Å². The maximum Gasteiger partial charge on any atom is 0.175 e. The molecule has 4 rings (SSSR count). The minimum Gasteiger partial charge on any atom is -0.384 e. The van der Waals surface area contributed by atoms with Gasteiger partial charge >= 0.3 is 0 Å². The van der Waals surface area contributed by atoms with Crippen molar-refractivity contribution < 1.29 is 13.5 Å². The number of hydrogen-bond donors (Lipinski definition) is 2. The molecular weight excluding hydrogens is 478 g/mol. The molecule has 172 valence electrons. The Kier molecular flexibility index (Phi) is 6.24. The first kappa shape index (κ1) is 23.7. The molecule has 0 saturated carbocycles. The molecule has 0 spiro atoms. The molecule has 0 atom stereocenters. The van der Waals surface area contributed by atoms with Crippen LogP contribution in [0.3, 0.4) is 0 Å². The third kappa shape index (κ3) is 4.76. The molecule has 2 heterocycles. The van der Waals surface area contributed by atoms with Gasteiger partial charge in [0.05, 0.1) is 26.8 Å². The lowest BCUT2D eigenvalue weighted by atomic mass is 10.1. The lowest BCUT2D eigenvalue weighted by Gasteiger charge is -2.14. The Morgan fingerprint density at radius 3 is 2.45 bits per heavy atom. The standard InChI is InChI=1S/C24H24ClN3O3S2/c1-24(2,29)23-13-20(28(27-23)19-9-5-8-18(25)17(19)14-26)22-11-10-21(32-22)15-6-4-7-16(12-15)33(3,30)31/h4-13,29H,14,26H2,1-3H3. The van der Waals surface area contributed by atoms with Gasteiger partial charge in [0.2, 0.25) is 0 Å². The van der Waals surface area contributed by atoms with E-state index < -0.39 is 15.4 Å². The number of hydrogen-bond acceptors (Lipinski definition) is 6. The van der Waals surface area contributed by atoms with Gasteiger partial charge in [0.1, 0.15) is 5.60 Å². The van der Waals surface area contributed by atoms with Crippen LogP contribution in [0.25, 0.3) is 26.7 Å². The van der Waals surface area contributed by atoms with E-state index in [-0.39, 0.29) is 11.4 Å². The second-order valence-corrected chi connectivity index (χ2v) is 11.8. The van der Waals surface area contributed by atoms with E-state index in [0.29, 0.717) is 10.7 Å². The highest BCUT2D eigenvalue weighted by Crippen LogP contribution is 2.38. The highest BCUT2D eigenvalue weighted by Gasteiger charge is 2.25. The Hall–Kier alpha value is -2.49. The number of rotatable bonds is 6. The molecule has 0 aliphatic carbocycles. The van der Waals surface area contributed by atoms with Crippen LogP contribution in [0.5, 0.6) is 0 Å². The summed E-state index contributed by atoms with van der Waals surface area (Å²) < 4.78 is 25.7. The molecule has 0 unspecified atom stereocenters. The molecule has 0 saturated heterocycles. The van der Waals surface area contributed by atoms with Gasteiger partial charge in [-0.2, -0.15) is 5.10 Å². The lowest BCUT2D eigenvalue weighted by Crippen LogP contribution is -2.17. The lowest BCUT2D eigenvalue weighted by molar-refractivity contribution is 0.0734. The van der Waals surface area contributed by atoms with Crippen LogP contribution in [0.15, 0.2) is 65.6 Å². The van der Waals surface area contributed by atoms with E-state index in [9.17, 15) is 13.5 Å². The fourth-order valence-electron chi connectivity index (χ4n) is 3.50. The molecule has 0 amide bonds. The van der Waals surface area contributed by atoms with Crippen LogP contribution in [-0.4, -0.2) is 29.6 Å². The minimum absolute atomic E-state index is 0.236. The van der Waals surface area contributed by atoms with Gasteiger partial charge in [-0.05, 0) is 61.9 Å². The van der Waals surface area contributed by atoms with E-state index in [0.717, 1.165) is 32.3 Å². The summed E-state index contributed by atoms with van der Waals surface area (Å²) in [6.45, 7) is 3.60. The van der Waals surface area contributed by atoms with Crippen molar-refractivity contribution in [3.8, 4) is 26.7 Å². The van der Waals surface area contributed by atoms with Crippen molar-refractivity contribution in [1.29, 1.82) is 0 Å². The van der Waals surface area contributed by atoms with Crippen molar-refractivity contribution in [3.05, 3.63) is 76.9 Å². The van der Waals surface area contributed by atoms with Gasteiger partial charge in [-0.1, -0.05) is 29.8 Å². The van der Waals surface area contributed by atoms with Crippen LogP contribution in [0.4, 0.5) is 0 Å². The monoisotopic (exact) mass is 501 g/mol. The molecule has 2 aromatic carbocycles. The number of benzene rings is 2. The van der Waals surface area contributed by atoms with E-state index in [4.69, 9.17) is 17.3 Å². The smallest absolute Gasteiger partial charge is 0.175 e. The molecule has 9 heteroatoms. The van der Waals surface area contributed by atoms with Crippen LogP contribution in [0.1, 0.15) is 25.1 Å². The minimum atomic E-state index is -3.31. The van der Waals surface area contributed by atoms with Crippen LogP contribution in [-0.2, 0) is 22.0 Å². The van der Waals surface area contributed by atoms with Gasteiger partial charge in [0, 0.05) is 28.3 Å². The fourth-order valence-corrected chi connectivity index (χ4v) is 5.42. The normalized spacial score (nSPS) is 12.3. The second-order valence-electron chi connectivity index (χ2n) is 8.29. The summed E-state index contributed by atoms with van der Waals surface area (Å²) in [5.74, 6) is 0. The van der Waals surface area contributed by atoms with Crippen molar-refractivity contribution >= 4 is 32.8 Å². The molecule has 0 aliphatic heterocycles. The molecular formula is C24H24ClN3O3S2. The highest BCUT2D eigenvalue weighted by atomic mass is 35.5. The first-order chi connectivity index (χ1) is 15.5. The number of sulfone groups is 1. The Morgan fingerprint density at radius 2 is 1.79 bits per heavy atom. The molecule has 0 radical (unpaired) electrons. The zero-order valence-electron chi connectivity index (χ0n) is 18.4. The summed E-state index contributed by atoms with van der Waals surface area (Å²) in [4.78, 5) is 2.09. The Morgan fingerprint density at radius 1 is 1.09 bits per heavy atom. The van der Waals surface area contributed by atoms with Crippen molar-refractivity contribution in [1.82, 2.24) is 9.78 Å². The van der Waals surface area contributed by atoms with Crippen LogP contribution in [0.2, 0.25) is 5.02 Å². The van der Waals surface area contributed by atoms with Crippen molar-refractivity contribution in [2.24, 2.45) is 5.73 Å². The number of nitrogens with two attached hydrogens (primary N) is 1. The Bertz CT molecular complexity index is 1430. The number of aromatic nitrogens is 2. The average Bonchev–Trinajstić information content (AvgIpc) is 3.40. The van der Waals surface area contributed by atoms with E-state index in [1.165, 1.54) is 17.6 Å². The van der Waals surface area contributed by atoms with Gasteiger partial charge in [0.15, 0.2) is 9.84 Å². The van der Waals surface area contributed by atoms with Gasteiger partial charge in [-0.15, -0.1) is 11.3 Å². The van der Waals surface area contributed by atoms with Gasteiger partial charge in [-0.3, -0.25) is 0 Å². The van der Waals surface area contributed by atoms with E-state index >= 15 is 0 Å². The summed E-state index contributed by atoms with van der Waals surface area (Å²) in [6.07, 6.45) is 1.20. The number of halogens is 1. The molecule has 4 aromatic rings. The van der Waals surface area contributed by atoms with E-state index in [1.54, 1.807) is 42.8 Å². The van der Waals surface area contributed by atoms with Gasteiger partial charge in [0.25, 0.3) is 0 Å². The first-order valence-electron chi connectivity index (χ1n) is 10.2. The average molecular weight is 502 g/mol. The number of aliphatic hydroxyl groups is 1. The quantitative estimate of drug-likeness (QED) is 0.387. The van der Waals surface area contributed by atoms with Crippen LogP contribution >= 0.6 is 22.9 Å². The molecule has 0 fully saturated rings. The Balaban J connectivity index is 1.87. The van der Waals surface area contributed by atoms with Gasteiger partial charge < -0.3 is 10.8 Å². The molecule has 2 aromatic heterocycles. The third-order valence-corrected chi connectivity index (χ3v) is 7.89. The molecule has 0 bridgehead atoms. The van der Waals surface area contributed by atoms with Crippen molar-refractivity contribution in [3.63, 3.8) is 0 Å². The highest BCUT2D eigenvalue weighted by molar-refractivity contribution is 7.90. The second kappa shape index (κ2) is 8.70. The molecule has 6 nitrogen and oxygen atoms in total. The largest absolute Gasteiger partial charge is 0.384 e. The fraction of sp³-hybridized carbons (Fsp3) is 0.208. The van der Waals surface area contributed by atoms with Crippen molar-refractivity contribution in [2.45, 2.75) is 30.9 Å². The van der Waals surface area contributed by atoms with Gasteiger partial charge in [-0.25, -0.2) is 13.1 Å². The maximum absolute atomic E-state index is 12.0. The summed E-state index contributed by atoms with van der Waals surface area (Å²) in [5, 5.41) is 15.8. The summed E-state index contributed by atoms with van der Waals surface area (Å²) in [7, 11) is -3.31. The Labute approximate surface area is 202 Å². The van der Waals surface area contributed by atoms with E-state index in [2.05, 4.69) is 5.10 Å². The molecule has 0 aliphatic rings. The summed E-state index contributed by atoms with van der Waals surface area (Å²) in [5.41, 5.74) is 8.42. The summed E-state index contributed by atoms with van der Waals surface area (Å²) >= 11 is 7.90. The molecule has 3 N–H and O–H groups in total. The predicted octanol–water partition coefficient (Wildman–Crippen LogP) is 5.01. The van der Waals surface area contributed by atoms with Crippen LogP contribution < -0.4 is 5.73 Å².